The molecule has 0 saturated carbocycles. The van der Waals surface area contributed by atoms with Gasteiger partial charge in [-0.2, -0.15) is 0 Å². The van der Waals surface area contributed by atoms with Gasteiger partial charge in [-0.05, 0) is 82.4 Å². The first kappa shape index (κ1) is 29.5. The van der Waals surface area contributed by atoms with Crippen molar-refractivity contribution in [3.8, 4) is 33.4 Å². The predicted octanol–water partition coefficient (Wildman–Crippen LogP) is 14.4. The van der Waals surface area contributed by atoms with E-state index in [9.17, 15) is 0 Å². The maximum absolute atomic E-state index is 6.63. The second-order valence-corrected chi connectivity index (χ2v) is 14.0. The fraction of sp³-hybridized carbons (Fsp3) is 0. The van der Waals surface area contributed by atoms with Crippen LogP contribution in [-0.4, -0.2) is 0 Å². The molecule has 0 unspecified atom stereocenters. The Kier molecular flexibility index (Phi) is 7.04. The van der Waals surface area contributed by atoms with Gasteiger partial charge < -0.3 is 9.32 Å². The minimum Gasteiger partial charge on any atom is -0.455 e. The molecule has 2 heterocycles. The lowest BCUT2D eigenvalue weighted by Crippen LogP contribution is -2.11. The van der Waals surface area contributed by atoms with E-state index in [1.165, 1.54) is 48.0 Å². The molecular formula is C48H31NOS. The van der Waals surface area contributed by atoms with Crippen LogP contribution >= 0.6 is 11.3 Å². The molecule has 0 saturated heterocycles. The second kappa shape index (κ2) is 12.2. The van der Waals surface area contributed by atoms with Crippen LogP contribution in [0.15, 0.2) is 192 Å². The molecule has 2 aromatic heterocycles. The molecule has 0 N–H and O–H groups in total. The minimum atomic E-state index is 0.918. The number of hydrogen-bond acceptors (Lipinski definition) is 3. The fourth-order valence-electron chi connectivity index (χ4n) is 7.50. The zero-order valence-electron chi connectivity index (χ0n) is 27.7. The van der Waals surface area contributed by atoms with Crippen molar-refractivity contribution in [2.75, 3.05) is 4.90 Å². The third kappa shape index (κ3) is 5.01. The molecule has 0 amide bonds. The molecule has 2 nitrogen and oxygen atoms in total. The molecule has 240 valence electrons. The Labute approximate surface area is 300 Å². The molecule has 8 aromatic carbocycles. The third-order valence-corrected chi connectivity index (χ3v) is 11.0. The van der Waals surface area contributed by atoms with Crippen LogP contribution in [0.4, 0.5) is 17.1 Å². The molecule has 0 aliphatic carbocycles. The number of hydrogen-bond donors (Lipinski definition) is 0. The Balaban J connectivity index is 1.19. The van der Waals surface area contributed by atoms with Gasteiger partial charge in [-0.15, -0.1) is 11.3 Å². The van der Waals surface area contributed by atoms with Crippen molar-refractivity contribution in [2.45, 2.75) is 0 Å². The molecule has 10 rings (SSSR count). The lowest BCUT2D eigenvalue weighted by atomic mass is 9.96. The zero-order valence-corrected chi connectivity index (χ0v) is 28.5. The van der Waals surface area contributed by atoms with E-state index in [1.807, 2.05) is 17.4 Å². The molecule has 3 heteroatoms. The first-order chi connectivity index (χ1) is 25.3. The highest BCUT2D eigenvalue weighted by atomic mass is 32.1. The van der Waals surface area contributed by atoms with Gasteiger partial charge in [0.25, 0.3) is 0 Å². The quantitative estimate of drug-likeness (QED) is 0.175. The molecule has 51 heavy (non-hydrogen) atoms. The number of benzene rings is 8. The van der Waals surface area contributed by atoms with Gasteiger partial charge in [0, 0.05) is 47.9 Å². The summed E-state index contributed by atoms with van der Waals surface area (Å²) in [5, 5.41) is 4.71. The Morgan fingerprint density at radius 2 is 0.922 bits per heavy atom. The summed E-state index contributed by atoms with van der Waals surface area (Å²) >= 11 is 1.83. The smallest absolute Gasteiger partial charge is 0.144 e. The Hall–Kier alpha value is -6.42. The number of para-hydroxylation sites is 2. The molecule has 0 aliphatic heterocycles. The van der Waals surface area contributed by atoms with Crippen molar-refractivity contribution < 1.29 is 4.42 Å². The van der Waals surface area contributed by atoms with E-state index in [0.29, 0.717) is 0 Å². The van der Waals surface area contributed by atoms with E-state index in [1.54, 1.807) is 0 Å². The van der Waals surface area contributed by atoms with Crippen molar-refractivity contribution in [1.82, 2.24) is 0 Å². The average Bonchev–Trinajstić information content (AvgIpc) is 3.78. The van der Waals surface area contributed by atoms with E-state index in [-0.39, 0.29) is 0 Å². The number of fused-ring (bicyclic) bond motifs is 7. The number of furan rings is 1. The largest absolute Gasteiger partial charge is 0.455 e. The number of nitrogens with zero attached hydrogens (tertiary/aromatic N) is 1. The van der Waals surface area contributed by atoms with Gasteiger partial charge >= 0.3 is 0 Å². The van der Waals surface area contributed by atoms with Crippen LogP contribution in [0.3, 0.4) is 0 Å². The number of rotatable bonds is 6. The molecule has 0 spiro atoms. The van der Waals surface area contributed by atoms with E-state index < -0.39 is 0 Å². The van der Waals surface area contributed by atoms with Crippen molar-refractivity contribution >= 4 is 70.5 Å². The number of anilines is 3. The minimum absolute atomic E-state index is 0.918. The van der Waals surface area contributed by atoms with E-state index >= 15 is 0 Å². The topological polar surface area (TPSA) is 16.4 Å². The highest BCUT2D eigenvalue weighted by Gasteiger charge is 2.22. The van der Waals surface area contributed by atoms with E-state index in [2.05, 4.69) is 187 Å². The second-order valence-electron chi connectivity index (χ2n) is 12.9. The van der Waals surface area contributed by atoms with Crippen molar-refractivity contribution in [1.29, 1.82) is 0 Å². The fourth-order valence-corrected chi connectivity index (χ4v) is 8.63. The molecule has 0 aliphatic rings. The highest BCUT2D eigenvalue weighted by Crippen LogP contribution is 2.48. The van der Waals surface area contributed by atoms with Crippen molar-refractivity contribution in [2.24, 2.45) is 0 Å². The van der Waals surface area contributed by atoms with E-state index in [4.69, 9.17) is 4.42 Å². The predicted molar refractivity (Wildman–Crippen MR) is 218 cm³/mol. The summed E-state index contributed by atoms with van der Waals surface area (Å²) in [5.41, 5.74) is 12.3. The van der Waals surface area contributed by atoms with Crippen LogP contribution in [0.25, 0.3) is 75.5 Å². The van der Waals surface area contributed by atoms with Crippen LogP contribution in [-0.2, 0) is 0 Å². The van der Waals surface area contributed by atoms with Crippen LogP contribution in [0.2, 0.25) is 0 Å². The van der Waals surface area contributed by atoms with Gasteiger partial charge in [-0.3, -0.25) is 0 Å². The van der Waals surface area contributed by atoms with Gasteiger partial charge in [-0.1, -0.05) is 133 Å². The van der Waals surface area contributed by atoms with Gasteiger partial charge in [-0.25, -0.2) is 0 Å². The summed E-state index contributed by atoms with van der Waals surface area (Å²) in [6.45, 7) is 0. The normalized spacial score (nSPS) is 11.5. The number of thiophene rings is 1. The standard InChI is InChI=1S/C48H31NOS/c1-3-12-32(13-4-1)34-22-26-36(27-23-34)49(37-28-24-35(25-29-37)33-14-5-2-6-15-33)42-19-9-7-16-38(42)40-18-11-21-44-46(40)47-45(51-44)31-30-41-39-17-8-10-20-43(39)50-48(41)47/h1-31H. The zero-order chi connectivity index (χ0) is 33.7. The maximum Gasteiger partial charge on any atom is 0.144 e. The summed E-state index contributed by atoms with van der Waals surface area (Å²) in [7, 11) is 0. The van der Waals surface area contributed by atoms with Crippen molar-refractivity contribution in [3.05, 3.63) is 188 Å². The van der Waals surface area contributed by atoms with Crippen LogP contribution in [0, 0.1) is 0 Å². The molecule has 10 aromatic rings. The summed E-state index contributed by atoms with van der Waals surface area (Å²) in [6.07, 6.45) is 0. The Morgan fingerprint density at radius 3 is 1.61 bits per heavy atom. The molecule has 0 fully saturated rings. The first-order valence-electron chi connectivity index (χ1n) is 17.3. The maximum atomic E-state index is 6.63. The van der Waals surface area contributed by atoms with Crippen LogP contribution < -0.4 is 4.90 Å². The van der Waals surface area contributed by atoms with Crippen LogP contribution in [0.1, 0.15) is 0 Å². The third-order valence-electron chi connectivity index (χ3n) is 9.91. The van der Waals surface area contributed by atoms with Gasteiger partial charge in [0.1, 0.15) is 11.2 Å². The average molecular weight is 670 g/mol. The first-order valence-corrected chi connectivity index (χ1v) is 18.1. The monoisotopic (exact) mass is 669 g/mol. The van der Waals surface area contributed by atoms with Gasteiger partial charge in [0.15, 0.2) is 0 Å². The Morgan fingerprint density at radius 1 is 0.373 bits per heavy atom. The SMILES string of the molecule is c1ccc(-c2ccc(N(c3ccc(-c4ccccc4)cc3)c3ccccc3-c3cccc4sc5ccc6c7ccccc7oc6c5c34)cc2)cc1. The summed E-state index contributed by atoms with van der Waals surface area (Å²) in [4.78, 5) is 2.39. The van der Waals surface area contributed by atoms with Crippen molar-refractivity contribution in [3.63, 3.8) is 0 Å². The summed E-state index contributed by atoms with van der Waals surface area (Å²) < 4.78 is 9.11. The van der Waals surface area contributed by atoms with Gasteiger partial charge in [0.2, 0.25) is 0 Å². The van der Waals surface area contributed by atoms with E-state index in [0.717, 1.165) is 44.6 Å². The lowest BCUT2D eigenvalue weighted by Gasteiger charge is -2.28. The van der Waals surface area contributed by atoms with Gasteiger partial charge in [0.05, 0.1) is 5.69 Å². The summed E-state index contributed by atoms with van der Waals surface area (Å²) in [5.74, 6) is 0. The summed E-state index contributed by atoms with van der Waals surface area (Å²) in [6, 6.07) is 67.3. The highest BCUT2D eigenvalue weighted by molar-refractivity contribution is 7.26. The lowest BCUT2D eigenvalue weighted by molar-refractivity contribution is 0.673. The molecule has 0 radical (unpaired) electrons. The van der Waals surface area contributed by atoms with Crippen LogP contribution in [0.5, 0.6) is 0 Å². The molecule has 0 bridgehead atoms. The molecular weight excluding hydrogens is 639 g/mol. The molecule has 0 atom stereocenters. The Bertz CT molecular complexity index is 2750.